The highest BCUT2D eigenvalue weighted by molar-refractivity contribution is 7.91. The molecule has 3 rings (SSSR count). The molecule has 130 valence electrons. The third-order valence-corrected chi connectivity index (χ3v) is 6.83. The monoisotopic (exact) mass is 374 g/mol. The van der Waals surface area contributed by atoms with E-state index in [-0.39, 0.29) is 15.5 Å². The second kappa shape index (κ2) is 6.89. The van der Waals surface area contributed by atoms with Crippen LogP contribution in [0.25, 0.3) is 10.2 Å². The number of rotatable bonds is 6. The molecule has 3 aromatic rings. The lowest BCUT2D eigenvalue weighted by Crippen LogP contribution is -2.21. The van der Waals surface area contributed by atoms with Crippen LogP contribution in [0.15, 0.2) is 57.4 Å². The number of anilines is 1. The molecule has 0 radical (unpaired) electrons. The first-order valence-electron chi connectivity index (χ1n) is 7.88. The van der Waals surface area contributed by atoms with Gasteiger partial charge in [0, 0.05) is 13.1 Å². The highest BCUT2D eigenvalue weighted by atomic mass is 32.2. The maximum absolute atomic E-state index is 12.9. The molecular weight excluding hydrogens is 356 g/mol. The van der Waals surface area contributed by atoms with Gasteiger partial charge in [-0.05, 0) is 38.1 Å². The third kappa shape index (κ3) is 3.14. The molecule has 0 atom stereocenters. The molecule has 1 aromatic heterocycles. The minimum absolute atomic E-state index is 0.0117. The lowest BCUT2D eigenvalue weighted by atomic mass is 10.3. The lowest BCUT2D eigenvalue weighted by molar-refractivity contribution is 0.596. The molecule has 0 saturated heterocycles. The van der Waals surface area contributed by atoms with E-state index >= 15 is 0 Å². The fraction of sp³-hybridized carbons (Fsp3) is 0.235. The zero-order chi connectivity index (χ0) is 18.0. The number of nitrogens with zero attached hydrogens (tertiary/aromatic N) is 3. The van der Waals surface area contributed by atoms with Gasteiger partial charge in [0.05, 0.1) is 15.1 Å². The largest absolute Gasteiger partial charge is 0.349 e. The summed E-state index contributed by atoms with van der Waals surface area (Å²) in [5.41, 5.74) is 8.14. The molecule has 0 aliphatic heterocycles. The normalized spacial score (nSPS) is 11.6. The first-order chi connectivity index (χ1) is 12.0. The van der Waals surface area contributed by atoms with Gasteiger partial charge in [0.2, 0.25) is 9.84 Å². The molecule has 0 aliphatic carbocycles. The zero-order valence-electron chi connectivity index (χ0n) is 13.9. The van der Waals surface area contributed by atoms with Crippen molar-refractivity contribution in [3.63, 3.8) is 0 Å². The molecule has 0 spiro atoms. The summed E-state index contributed by atoms with van der Waals surface area (Å²) < 4.78 is 26.7. The smallest absolute Gasteiger partial charge is 0.208 e. The zero-order valence-corrected chi connectivity index (χ0v) is 15.6. The van der Waals surface area contributed by atoms with Crippen molar-refractivity contribution in [2.45, 2.75) is 23.6 Å². The van der Waals surface area contributed by atoms with Crippen LogP contribution in [0.5, 0.6) is 0 Å². The number of fused-ring (bicyclic) bond motifs is 1. The van der Waals surface area contributed by atoms with Gasteiger partial charge >= 0.3 is 0 Å². The predicted molar refractivity (Wildman–Crippen MR) is 99.9 cm³/mol. The number of hydrogen-bond acceptors (Lipinski definition) is 7. The van der Waals surface area contributed by atoms with Crippen molar-refractivity contribution in [1.29, 1.82) is 5.53 Å². The third-order valence-electron chi connectivity index (χ3n) is 3.96. The molecule has 0 bridgehead atoms. The number of hydrogen-bond donors (Lipinski definition) is 1. The van der Waals surface area contributed by atoms with Crippen molar-refractivity contribution in [2.24, 2.45) is 5.11 Å². The maximum Gasteiger partial charge on any atom is 0.208 e. The number of nitrogens with one attached hydrogen (secondary N) is 1. The molecule has 0 unspecified atom stereocenters. The Balaban J connectivity index is 2.20. The van der Waals surface area contributed by atoms with E-state index in [9.17, 15) is 8.42 Å². The summed E-state index contributed by atoms with van der Waals surface area (Å²) >= 11 is 1.48. The SMILES string of the molecule is CCN(CC)c1nc2cc(S(=O)(=O)c3ccccc3)c(N=N)cc2s1. The van der Waals surface area contributed by atoms with Crippen LogP contribution >= 0.6 is 11.3 Å². The highest BCUT2D eigenvalue weighted by Crippen LogP contribution is 2.37. The van der Waals surface area contributed by atoms with Crippen molar-refractivity contribution in [3.8, 4) is 0 Å². The van der Waals surface area contributed by atoms with Gasteiger partial charge < -0.3 is 4.90 Å². The molecule has 0 aliphatic rings. The van der Waals surface area contributed by atoms with Crippen LogP contribution in [0.4, 0.5) is 10.8 Å². The Morgan fingerprint density at radius 2 is 1.84 bits per heavy atom. The van der Waals surface area contributed by atoms with E-state index in [0.29, 0.717) is 5.52 Å². The molecular formula is C17H18N4O2S2. The fourth-order valence-corrected chi connectivity index (χ4v) is 5.11. The van der Waals surface area contributed by atoms with Crippen molar-refractivity contribution in [3.05, 3.63) is 42.5 Å². The van der Waals surface area contributed by atoms with E-state index < -0.39 is 9.84 Å². The van der Waals surface area contributed by atoms with Gasteiger partial charge in [-0.25, -0.2) is 18.9 Å². The summed E-state index contributed by atoms with van der Waals surface area (Å²) in [7, 11) is -3.76. The van der Waals surface area contributed by atoms with Crippen molar-refractivity contribution >= 4 is 42.2 Å². The van der Waals surface area contributed by atoms with Crippen molar-refractivity contribution in [2.75, 3.05) is 18.0 Å². The Bertz CT molecular complexity index is 1010. The van der Waals surface area contributed by atoms with E-state index in [2.05, 4.69) is 15.0 Å². The molecule has 0 amide bonds. The second-order valence-corrected chi connectivity index (χ2v) is 8.31. The van der Waals surface area contributed by atoms with Gasteiger partial charge in [-0.3, -0.25) is 0 Å². The standard InChI is InChI=1S/C17H18N4O2S2/c1-3-21(4-2)17-19-13-11-16(14(20-18)10-15(13)24-17)25(22,23)12-8-6-5-7-9-12/h5-11,18H,3-4H2,1-2H3. The number of thiazole rings is 1. The van der Waals surface area contributed by atoms with E-state index in [4.69, 9.17) is 5.53 Å². The average Bonchev–Trinajstić information content (AvgIpc) is 3.05. The van der Waals surface area contributed by atoms with Gasteiger partial charge in [0.15, 0.2) is 5.13 Å². The number of sulfone groups is 1. The summed E-state index contributed by atoms with van der Waals surface area (Å²) in [4.78, 5) is 6.87. The van der Waals surface area contributed by atoms with E-state index in [1.165, 1.54) is 29.5 Å². The Morgan fingerprint density at radius 1 is 1.16 bits per heavy atom. The summed E-state index contributed by atoms with van der Waals surface area (Å²) in [5, 5.41) is 4.28. The molecule has 0 saturated carbocycles. The Kier molecular flexibility index (Phi) is 4.82. The Morgan fingerprint density at radius 3 is 2.44 bits per heavy atom. The van der Waals surface area contributed by atoms with Crippen LogP contribution in [-0.4, -0.2) is 26.5 Å². The molecule has 6 nitrogen and oxygen atoms in total. The average molecular weight is 374 g/mol. The van der Waals surface area contributed by atoms with E-state index in [1.54, 1.807) is 24.3 Å². The fourth-order valence-electron chi connectivity index (χ4n) is 2.59. The van der Waals surface area contributed by atoms with Crippen LogP contribution in [0.1, 0.15) is 13.8 Å². The molecule has 0 fully saturated rings. The van der Waals surface area contributed by atoms with Crippen LogP contribution in [0.2, 0.25) is 0 Å². The van der Waals surface area contributed by atoms with E-state index in [1.807, 2.05) is 13.8 Å². The van der Waals surface area contributed by atoms with Crippen molar-refractivity contribution in [1.82, 2.24) is 4.98 Å². The van der Waals surface area contributed by atoms with Gasteiger partial charge in [0.25, 0.3) is 0 Å². The second-order valence-electron chi connectivity index (χ2n) is 5.38. The molecule has 1 heterocycles. The highest BCUT2D eigenvalue weighted by Gasteiger charge is 2.23. The first kappa shape index (κ1) is 17.5. The molecule has 2 aromatic carbocycles. The Labute approximate surface area is 150 Å². The summed E-state index contributed by atoms with van der Waals surface area (Å²) in [5.74, 6) is 0. The molecule has 8 heteroatoms. The van der Waals surface area contributed by atoms with Gasteiger partial charge in [-0.15, -0.1) is 0 Å². The van der Waals surface area contributed by atoms with Crippen LogP contribution in [-0.2, 0) is 9.84 Å². The topological polar surface area (TPSA) is 86.5 Å². The lowest BCUT2D eigenvalue weighted by Gasteiger charge is -2.16. The first-order valence-corrected chi connectivity index (χ1v) is 10.2. The van der Waals surface area contributed by atoms with Gasteiger partial charge in [0.1, 0.15) is 10.6 Å². The van der Waals surface area contributed by atoms with Crippen molar-refractivity contribution < 1.29 is 8.42 Å². The molecule has 25 heavy (non-hydrogen) atoms. The maximum atomic E-state index is 12.9. The van der Waals surface area contributed by atoms with Crippen LogP contribution < -0.4 is 4.90 Å². The van der Waals surface area contributed by atoms with Gasteiger partial charge in [-0.1, -0.05) is 29.5 Å². The quantitative estimate of drug-likeness (QED) is 0.637. The van der Waals surface area contributed by atoms with Crippen LogP contribution in [0.3, 0.4) is 0 Å². The predicted octanol–water partition coefficient (Wildman–Crippen LogP) is 4.64. The summed E-state index contributed by atoms with van der Waals surface area (Å²) in [6.45, 7) is 5.74. The van der Waals surface area contributed by atoms with E-state index in [0.717, 1.165) is 22.9 Å². The Hall–Kier alpha value is -2.32. The number of aromatic nitrogens is 1. The van der Waals surface area contributed by atoms with Gasteiger partial charge in [-0.2, -0.15) is 5.11 Å². The summed E-state index contributed by atoms with van der Waals surface area (Å²) in [6, 6.07) is 11.3. The summed E-state index contributed by atoms with van der Waals surface area (Å²) in [6.07, 6.45) is 0. The number of benzene rings is 2. The minimum atomic E-state index is -3.76. The molecule has 1 N–H and O–H groups in total. The minimum Gasteiger partial charge on any atom is -0.349 e. The van der Waals surface area contributed by atoms with Crippen LogP contribution in [0, 0.1) is 5.53 Å².